The van der Waals surface area contributed by atoms with E-state index in [1.807, 2.05) is 36.4 Å². The quantitative estimate of drug-likeness (QED) is 0.708. The summed E-state index contributed by atoms with van der Waals surface area (Å²) in [4.78, 5) is 17.1. The topological polar surface area (TPSA) is 59.0 Å². The standard InChI is InChI=1S/C22H26N4O/c27-22(24-16-17-7-6-14-23-15-17)13-12-21-25-19-10-4-5-11-20(19)26(21)18-8-2-1-3-9-18/h1-5,8-11,17,23H,6-7,12-16H2,(H,24,27). The zero-order valence-corrected chi connectivity index (χ0v) is 15.5. The molecular formula is C22H26N4O. The lowest BCUT2D eigenvalue weighted by atomic mass is 10.00. The van der Waals surface area contributed by atoms with Crippen molar-refractivity contribution in [3.8, 4) is 5.69 Å². The van der Waals surface area contributed by atoms with Gasteiger partial charge in [0.1, 0.15) is 5.82 Å². The minimum Gasteiger partial charge on any atom is -0.356 e. The van der Waals surface area contributed by atoms with Gasteiger partial charge in [0, 0.05) is 25.1 Å². The van der Waals surface area contributed by atoms with Crippen LogP contribution in [0.25, 0.3) is 16.7 Å². The number of piperidine rings is 1. The van der Waals surface area contributed by atoms with Gasteiger partial charge in [0.15, 0.2) is 0 Å². The van der Waals surface area contributed by atoms with Crippen LogP contribution in [-0.4, -0.2) is 35.1 Å². The van der Waals surface area contributed by atoms with E-state index in [2.05, 4.69) is 33.4 Å². The molecule has 1 atom stereocenters. The van der Waals surface area contributed by atoms with Crippen molar-refractivity contribution >= 4 is 16.9 Å². The molecule has 1 aliphatic heterocycles. The van der Waals surface area contributed by atoms with Crippen LogP contribution in [0.1, 0.15) is 25.1 Å². The van der Waals surface area contributed by atoms with E-state index in [9.17, 15) is 4.79 Å². The second-order valence-corrected chi connectivity index (χ2v) is 7.20. The Morgan fingerprint density at radius 2 is 1.96 bits per heavy atom. The Kier molecular flexibility index (Phi) is 5.49. The molecule has 3 aromatic rings. The molecule has 1 saturated heterocycles. The summed E-state index contributed by atoms with van der Waals surface area (Å²) in [5, 5.41) is 6.49. The minimum absolute atomic E-state index is 0.104. The summed E-state index contributed by atoms with van der Waals surface area (Å²) in [7, 11) is 0. The third-order valence-electron chi connectivity index (χ3n) is 5.21. The first kappa shape index (κ1) is 17.7. The van der Waals surface area contributed by atoms with Crippen LogP contribution >= 0.6 is 0 Å². The second-order valence-electron chi connectivity index (χ2n) is 7.20. The lowest BCUT2D eigenvalue weighted by Crippen LogP contribution is -2.38. The molecule has 0 bridgehead atoms. The van der Waals surface area contributed by atoms with Crippen molar-refractivity contribution in [2.24, 2.45) is 5.92 Å². The molecule has 1 unspecified atom stereocenters. The maximum atomic E-state index is 12.4. The van der Waals surface area contributed by atoms with Crippen LogP contribution in [0, 0.1) is 5.92 Å². The highest BCUT2D eigenvalue weighted by Gasteiger charge is 2.16. The molecule has 1 aromatic heterocycles. The molecule has 2 aromatic carbocycles. The highest BCUT2D eigenvalue weighted by Crippen LogP contribution is 2.22. The fourth-order valence-electron chi connectivity index (χ4n) is 3.78. The molecule has 4 rings (SSSR count). The molecular weight excluding hydrogens is 336 g/mol. The third-order valence-corrected chi connectivity index (χ3v) is 5.21. The molecule has 1 aliphatic rings. The number of aryl methyl sites for hydroxylation is 1. The molecule has 27 heavy (non-hydrogen) atoms. The van der Waals surface area contributed by atoms with Gasteiger partial charge < -0.3 is 10.6 Å². The average molecular weight is 362 g/mol. The van der Waals surface area contributed by atoms with Crippen LogP contribution in [0.15, 0.2) is 54.6 Å². The summed E-state index contributed by atoms with van der Waals surface area (Å²) in [6.07, 6.45) is 3.47. The number of fused-ring (bicyclic) bond motifs is 1. The first-order valence-corrected chi connectivity index (χ1v) is 9.80. The van der Waals surface area contributed by atoms with Gasteiger partial charge in [-0.05, 0) is 56.1 Å². The average Bonchev–Trinajstić information content (AvgIpc) is 3.10. The summed E-state index contributed by atoms with van der Waals surface area (Å²) in [5.41, 5.74) is 3.12. The molecule has 2 heterocycles. The molecule has 1 amide bonds. The molecule has 1 fully saturated rings. The number of aromatic nitrogens is 2. The second kappa shape index (κ2) is 8.35. The van der Waals surface area contributed by atoms with E-state index in [1.54, 1.807) is 0 Å². The summed E-state index contributed by atoms with van der Waals surface area (Å²) >= 11 is 0. The number of rotatable bonds is 6. The van der Waals surface area contributed by atoms with E-state index in [-0.39, 0.29) is 5.91 Å². The highest BCUT2D eigenvalue weighted by atomic mass is 16.1. The largest absolute Gasteiger partial charge is 0.356 e. The van der Waals surface area contributed by atoms with Crippen molar-refractivity contribution in [3.63, 3.8) is 0 Å². The maximum Gasteiger partial charge on any atom is 0.220 e. The van der Waals surface area contributed by atoms with Crippen molar-refractivity contribution in [1.82, 2.24) is 20.2 Å². The van der Waals surface area contributed by atoms with Gasteiger partial charge in [-0.25, -0.2) is 4.98 Å². The van der Waals surface area contributed by atoms with Gasteiger partial charge in [0.25, 0.3) is 0 Å². The number of benzene rings is 2. The molecule has 2 N–H and O–H groups in total. The van der Waals surface area contributed by atoms with Gasteiger partial charge in [-0.3, -0.25) is 9.36 Å². The van der Waals surface area contributed by atoms with Gasteiger partial charge >= 0.3 is 0 Å². The molecule has 0 spiro atoms. The number of hydrogen-bond acceptors (Lipinski definition) is 3. The Morgan fingerprint density at radius 1 is 1.15 bits per heavy atom. The van der Waals surface area contributed by atoms with Crippen LogP contribution in [-0.2, 0) is 11.2 Å². The SMILES string of the molecule is O=C(CCc1nc2ccccc2n1-c1ccccc1)NCC1CCCNC1. The molecule has 5 heteroatoms. The van der Waals surface area contributed by atoms with Crippen LogP contribution in [0.5, 0.6) is 0 Å². The van der Waals surface area contributed by atoms with Crippen molar-refractivity contribution in [2.75, 3.05) is 19.6 Å². The zero-order chi connectivity index (χ0) is 18.5. The first-order valence-electron chi connectivity index (χ1n) is 9.80. The monoisotopic (exact) mass is 362 g/mol. The number of para-hydroxylation sites is 3. The van der Waals surface area contributed by atoms with Crippen LogP contribution < -0.4 is 10.6 Å². The van der Waals surface area contributed by atoms with E-state index in [4.69, 9.17) is 4.98 Å². The Labute approximate surface area is 159 Å². The van der Waals surface area contributed by atoms with Crippen molar-refractivity contribution < 1.29 is 4.79 Å². The minimum atomic E-state index is 0.104. The number of carbonyl (C=O) groups excluding carboxylic acids is 1. The Balaban J connectivity index is 1.46. The van der Waals surface area contributed by atoms with Gasteiger partial charge in [-0.15, -0.1) is 0 Å². The van der Waals surface area contributed by atoms with Crippen LogP contribution in [0.4, 0.5) is 0 Å². The smallest absolute Gasteiger partial charge is 0.220 e. The summed E-state index contributed by atoms with van der Waals surface area (Å²) < 4.78 is 2.16. The summed E-state index contributed by atoms with van der Waals surface area (Å²) in [6.45, 7) is 2.87. The lowest BCUT2D eigenvalue weighted by molar-refractivity contribution is -0.121. The molecule has 0 aliphatic carbocycles. The number of imidazole rings is 1. The van der Waals surface area contributed by atoms with E-state index in [0.29, 0.717) is 18.8 Å². The first-order chi connectivity index (χ1) is 13.3. The molecule has 140 valence electrons. The highest BCUT2D eigenvalue weighted by molar-refractivity contribution is 5.79. The van der Waals surface area contributed by atoms with E-state index in [0.717, 1.165) is 42.2 Å². The predicted octanol–water partition coefficient (Wildman–Crippen LogP) is 3.07. The predicted molar refractivity (Wildman–Crippen MR) is 108 cm³/mol. The maximum absolute atomic E-state index is 12.4. The van der Waals surface area contributed by atoms with Gasteiger partial charge in [-0.2, -0.15) is 0 Å². The normalized spacial score (nSPS) is 17.1. The van der Waals surface area contributed by atoms with Gasteiger partial charge in [0.05, 0.1) is 11.0 Å². The van der Waals surface area contributed by atoms with Crippen LogP contribution in [0.2, 0.25) is 0 Å². The van der Waals surface area contributed by atoms with E-state index in [1.165, 1.54) is 12.8 Å². The lowest BCUT2D eigenvalue weighted by Gasteiger charge is -2.22. The number of hydrogen-bond donors (Lipinski definition) is 2. The molecule has 0 saturated carbocycles. The van der Waals surface area contributed by atoms with Crippen molar-refractivity contribution in [1.29, 1.82) is 0 Å². The molecule has 5 nitrogen and oxygen atoms in total. The Hall–Kier alpha value is -2.66. The van der Waals surface area contributed by atoms with Crippen molar-refractivity contribution in [3.05, 3.63) is 60.4 Å². The number of nitrogens with zero attached hydrogens (tertiary/aromatic N) is 2. The fourth-order valence-corrected chi connectivity index (χ4v) is 3.78. The summed E-state index contributed by atoms with van der Waals surface area (Å²) in [6, 6.07) is 18.3. The summed E-state index contributed by atoms with van der Waals surface area (Å²) in [5.74, 6) is 1.58. The zero-order valence-electron chi connectivity index (χ0n) is 15.5. The van der Waals surface area contributed by atoms with Gasteiger partial charge in [-0.1, -0.05) is 30.3 Å². The Morgan fingerprint density at radius 3 is 2.78 bits per heavy atom. The van der Waals surface area contributed by atoms with Crippen molar-refractivity contribution in [2.45, 2.75) is 25.7 Å². The van der Waals surface area contributed by atoms with E-state index >= 15 is 0 Å². The van der Waals surface area contributed by atoms with E-state index < -0.39 is 0 Å². The van der Waals surface area contributed by atoms with Crippen LogP contribution in [0.3, 0.4) is 0 Å². The Bertz CT molecular complexity index is 897. The van der Waals surface area contributed by atoms with Gasteiger partial charge in [0.2, 0.25) is 5.91 Å². The number of carbonyl (C=O) groups is 1. The molecule has 0 radical (unpaired) electrons. The third kappa shape index (κ3) is 4.19. The fraction of sp³-hybridized carbons (Fsp3) is 0.364. The number of amides is 1. The number of nitrogens with one attached hydrogen (secondary N) is 2.